The van der Waals surface area contributed by atoms with Gasteiger partial charge in [0.25, 0.3) is 0 Å². The van der Waals surface area contributed by atoms with Crippen LogP contribution in [0.15, 0.2) is 40.8 Å². The molecule has 3 aromatic rings. The molecule has 0 saturated carbocycles. The van der Waals surface area contributed by atoms with Crippen molar-refractivity contribution in [3.63, 3.8) is 0 Å². The molecule has 2 aromatic carbocycles. The summed E-state index contributed by atoms with van der Waals surface area (Å²) >= 11 is 4.83. The molecule has 0 aliphatic carbocycles. The van der Waals surface area contributed by atoms with E-state index < -0.39 is 0 Å². The number of hydrogen-bond donors (Lipinski definition) is 3. The molecule has 5 nitrogen and oxygen atoms in total. The standard InChI is InChI=1S/C17H17N3O2S/c1-9(2)10-3-6-15-13(7-10)20-16(22-15)12-8-11(19-17(18)23)4-5-14(12)21/h3-9,21H,1-2H3,(H3,18,19,23). The third-order valence-corrected chi connectivity index (χ3v) is 3.67. The minimum absolute atomic E-state index is 0.0779. The third kappa shape index (κ3) is 3.12. The molecule has 0 spiro atoms. The number of hydrogen-bond acceptors (Lipinski definition) is 4. The Kier molecular flexibility index (Phi) is 3.92. The van der Waals surface area contributed by atoms with Crippen LogP contribution < -0.4 is 11.1 Å². The van der Waals surface area contributed by atoms with Crippen LogP contribution in [-0.4, -0.2) is 15.2 Å². The summed E-state index contributed by atoms with van der Waals surface area (Å²) < 4.78 is 5.77. The maximum absolute atomic E-state index is 10.1. The van der Waals surface area contributed by atoms with Gasteiger partial charge in [-0.05, 0) is 54.0 Å². The molecule has 0 aliphatic rings. The minimum atomic E-state index is 0.0779. The number of aromatic nitrogens is 1. The number of phenolic OH excluding ortho intramolecular Hbond substituents is 1. The molecule has 1 aromatic heterocycles. The summed E-state index contributed by atoms with van der Waals surface area (Å²) in [7, 11) is 0. The zero-order valence-corrected chi connectivity index (χ0v) is 13.6. The number of fused-ring (bicyclic) bond motifs is 1. The summed E-state index contributed by atoms with van der Waals surface area (Å²) in [6.07, 6.45) is 0. The lowest BCUT2D eigenvalue weighted by Gasteiger charge is -2.06. The number of thiocarbonyl (C=S) groups is 1. The van der Waals surface area contributed by atoms with Gasteiger partial charge in [-0.15, -0.1) is 0 Å². The summed E-state index contributed by atoms with van der Waals surface area (Å²) in [4.78, 5) is 4.49. The van der Waals surface area contributed by atoms with Crippen molar-refractivity contribution in [3.8, 4) is 17.2 Å². The highest BCUT2D eigenvalue weighted by Gasteiger charge is 2.14. The quantitative estimate of drug-likeness (QED) is 0.498. The monoisotopic (exact) mass is 327 g/mol. The Bertz CT molecular complexity index is 887. The van der Waals surface area contributed by atoms with E-state index in [9.17, 15) is 5.11 Å². The van der Waals surface area contributed by atoms with Crippen molar-refractivity contribution >= 4 is 34.1 Å². The van der Waals surface area contributed by atoms with Crippen LogP contribution in [0.2, 0.25) is 0 Å². The smallest absolute Gasteiger partial charge is 0.231 e. The van der Waals surface area contributed by atoms with Crippen LogP contribution in [0, 0.1) is 0 Å². The summed E-state index contributed by atoms with van der Waals surface area (Å²) in [5, 5.41) is 13.1. The van der Waals surface area contributed by atoms with E-state index in [-0.39, 0.29) is 10.9 Å². The molecule has 0 atom stereocenters. The van der Waals surface area contributed by atoms with Crippen molar-refractivity contribution in [1.82, 2.24) is 4.98 Å². The van der Waals surface area contributed by atoms with Crippen LogP contribution in [0.3, 0.4) is 0 Å². The average molecular weight is 327 g/mol. The van der Waals surface area contributed by atoms with Crippen LogP contribution >= 0.6 is 12.2 Å². The highest BCUT2D eigenvalue weighted by molar-refractivity contribution is 7.80. The van der Waals surface area contributed by atoms with Gasteiger partial charge in [-0.3, -0.25) is 0 Å². The fraction of sp³-hybridized carbons (Fsp3) is 0.176. The Morgan fingerprint density at radius 2 is 2.04 bits per heavy atom. The van der Waals surface area contributed by atoms with E-state index in [2.05, 4.69) is 24.1 Å². The van der Waals surface area contributed by atoms with Crippen LogP contribution in [0.25, 0.3) is 22.6 Å². The molecular weight excluding hydrogens is 310 g/mol. The zero-order chi connectivity index (χ0) is 16.6. The largest absolute Gasteiger partial charge is 0.507 e. The molecule has 3 rings (SSSR count). The van der Waals surface area contributed by atoms with Gasteiger partial charge in [0.15, 0.2) is 10.7 Å². The Labute approximate surface area is 139 Å². The molecule has 0 bridgehead atoms. The van der Waals surface area contributed by atoms with Crippen LogP contribution in [0.4, 0.5) is 5.69 Å². The lowest BCUT2D eigenvalue weighted by atomic mass is 10.0. The van der Waals surface area contributed by atoms with Gasteiger partial charge in [-0.25, -0.2) is 4.98 Å². The predicted molar refractivity (Wildman–Crippen MR) is 95.6 cm³/mol. The van der Waals surface area contributed by atoms with Crippen molar-refractivity contribution in [2.24, 2.45) is 5.73 Å². The Morgan fingerprint density at radius 3 is 2.74 bits per heavy atom. The molecular formula is C17H17N3O2S. The third-order valence-electron chi connectivity index (χ3n) is 3.57. The normalized spacial score (nSPS) is 11.1. The van der Waals surface area contributed by atoms with Gasteiger partial charge in [0, 0.05) is 5.69 Å². The van der Waals surface area contributed by atoms with Gasteiger partial charge in [0.2, 0.25) is 5.89 Å². The molecule has 4 N–H and O–H groups in total. The van der Waals surface area contributed by atoms with Crippen LogP contribution in [-0.2, 0) is 0 Å². The molecule has 118 valence electrons. The van der Waals surface area contributed by atoms with Gasteiger partial charge in [0.1, 0.15) is 11.3 Å². The van der Waals surface area contributed by atoms with Crippen LogP contribution in [0.5, 0.6) is 5.75 Å². The SMILES string of the molecule is CC(C)c1ccc2oc(-c3cc(NC(N)=S)ccc3O)nc2c1. The van der Waals surface area contributed by atoms with E-state index >= 15 is 0 Å². The molecule has 6 heteroatoms. The number of rotatable bonds is 3. The first-order valence-electron chi connectivity index (χ1n) is 7.24. The minimum Gasteiger partial charge on any atom is -0.507 e. The number of nitrogens with one attached hydrogen (secondary N) is 1. The zero-order valence-electron chi connectivity index (χ0n) is 12.8. The van der Waals surface area contributed by atoms with Gasteiger partial charge in [-0.2, -0.15) is 0 Å². The highest BCUT2D eigenvalue weighted by Crippen LogP contribution is 2.33. The number of nitrogens with zero attached hydrogens (tertiary/aromatic N) is 1. The average Bonchev–Trinajstić information content (AvgIpc) is 2.91. The topological polar surface area (TPSA) is 84.3 Å². The maximum Gasteiger partial charge on any atom is 0.231 e. The number of anilines is 1. The second kappa shape index (κ2) is 5.89. The summed E-state index contributed by atoms with van der Waals surface area (Å²) in [6.45, 7) is 4.25. The second-order valence-electron chi connectivity index (χ2n) is 5.62. The van der Waals surface area contributed by atoms with Gasteiger partial charge in [-0.1, -0.05) is 19.9 Å². The number of benzene rings is 2. The first-order valence-corrected chi connectivity index (χ1v) is 7.65. The fourth-order valence-corrected chi connectivity index (χ4v) is 2.46. The van der Waals surface area contributed by atoms with Crippen LogP contribution in [0.1, 0.15) is 25.3 Å². The molecule has 0 unspecified atom stereocenters. The summed E-state index contributed by atoms with van der Waals surface area (Å²) in [5.74, 6) is 0.838. The summed E-state index contributed by atoms with van der Waals surface area (Å²) in [5.41, 5.74) is 9.24. The lowest BCUT2D eigenvalue weighted by Crippen LogP contribution is -2.18. The molecule has 0 aliphatic heterocycles. The first-order chi connectivity index (χ1) is 10.9. The van der Waals surface area contributed by atoms with E-state index in [4.69, 9.17) is 22.4 Å². The first kappa shape index (κ1) is 15.3. The van der Waals surface area contributed by atoms with Gasteiger partial charge in [0.05, 0.1) is 5.56 Å². The van der Waals surface area contributed by atoms with Crippen molar-refractivity contribution in [3.05, 3.63) is 42.0 Å². The van der Waals surface area contributed by atoms with E-state index in [1.54, 1.807) is 18.2 Å². The van der Waals surface area contributed by atoms with Gasteiger partial charge >= 0.3 is 0 Å². The van der Waals surface area contributed by atoms with E-state index in [1.807, 2.05) is 18.2 Å². The molecule has 0 saturated heterocycles. The van der Waals surface area contributed by atoms with Crippen molar-refractivity contribution < 1.29 is 9.52 Å². The molecule has 0 amide bonds. The second-order valence-corrected chi connectivity index (χ2v) is 6.06. The number of phenols is 1. The Morgan fingerprint density at radius 1 is 1.26 bits per heavy atom. The Hall–Kier alpha value is -2.60. The van der Waals surface area contributed by atoms with Crippen molar-refractivity contribution in [1.29, 1.82) is 0 Å². The van der Waals surface area contributed by atoms with E-state index in [1.165, 1.54) is 5.56 Å². The summed E-state index contributed by atoms with van der Waals surface area (Å²) in [6, 6.07) is 10.8. The molecule has 1 heterocycles. The Balaban J connectivity index is 2.07. The molecule has 0 fully saturated rings. The number of oxazole rings is 1. The molecule has 0 radical (unpaired) electrons. The molecule has 23 heavy (non-hydrogen) atoms. The van der Waals surface area contributed by atoms with Gasteiger partial charge < -0.3 is 20.6 Å². The fourth-order valence-electron chi connectivity index (χ4n) is 2.35. The number of nitrogens with two attached hydrogens (primary N) is 1. The van der Waals surface area contributed by atoms with E-state index in [0.717, 1.165) is 5.52 Å². The maximum atomic E-state index is 10.1. The van der Waals surface area contributed by atoms with E-state index in [0.29, 0.717) is 28.6 Å². The van der Waals surface area contributed by atoms with Crippen molar-refractivity contribution in [2.75, 3.05) is 5.32 Å². The number of aromatic hydroxyl groups is 1. The highest BCUT2D eigenvalue weighted by atomic mass is 32.1. The van der Waals surface area contributed by atoms with Crippen molar-refractivity contribution in [2.45, 2.75) is 19.8 Å². The lowest BCUT2D eigenvalue weighted by molar-refractivity contribution is 0.474. The predicted octanol–water partition coefficient (Wildman–Crippen LogP) is 3.98.